The second kappa shape index (κ2) is 4.67. The van der Waals surface area contributed by atoms with Crippen LogP contribution in [0.2, 0.25) is 0 Å². The normalized spacial score (nSPS) is 10.5. The molecule has 4 nitrogen and oxygen atoms in total. The Hall–Kier alpha value is -1.19. The summed E-state index contributed by atoms with van der Waals surface area (Å²) in [6.07, 6.45) is 1.22. The number of methoxy groups -OCH3 is 2. The van der Waals surface area contributed by atoms with E-state index in [0.717, 1.165) is 0 Å². The van der Waals surface area contributed by atoms with E-state index in [-0.39, 0.29) is 0 Å². The zero-order valence-electron chi connectivity index (χ0n) is 6.30. The van der Waals surface area contributed by atoms with Crippen LogP contribution in [-0.4, -0.2) is 27.2 Å². The molecule has 0 unspecified atom stereocenters. The Balaban J connectivity index is 3.96. The molecule has 0 aromatic rings. The summed E-state index contributed by atoms with van der Waals surface area (Å²) in [6.45, 7) is 0. The summed E-state index contributed by atoms with van der Waals surface area (Å²) in [5.74, 6) is -0.0574. The van der Waals surface area contributed by atoms with E-state index in [1.165, 1.54) is 20.3 Å². The van der Waals surface area contributed by atoms with E-state index in [4.69, 9.17) is 4.74 Å². The molecule has 4 heteroatoms. The molecule has 0 radical (unpaired) electrons. The standard InChI is InChI=1S/C6H11NO3/c1-7-5(9-2)4-6(8)10-3/h4,7H,1-3H3/b5-4-. The number of carbonyl (C=O) groups excluding carboxylic acids is 1. The molecule has 0 aliphatic heterocycles. The molecular weight excluding hydrogens is 134 g/mol. The van der Waals surface area contributed by atoms with Crippen LogP contribution in [0.1, 0.15) is 0 Å². The van der Waals surface area contributed by atoms with Gasteiger partial charge in [-0.1, -0.05) is 0 Å². The molecule has 0 aliphatic carbocycles. The molecule has 0 bridgehead atoms. The lowest BCUT2D eigenvalue weighted by atomic mass is 10.6. The predicted molar refractivity (Wildman–Crippen MR) is 36.2 cm³/mol. The first-order valence-electron chi connectivity index (χ1n) is 2.76. The highest BCUT2D eigenvalue weighted by atomic mass is 16.5. The Morgan fingerprint density at radius 2 is 2.00 bits per heavy atom. The molecule has 0 amide bonds. The van der Waals surface area contributed by atoms with Gasteiger partial charge in [-0.05, 0) is 0 Å². The first-order chi connectivity index (χ1) is 4.74. The SMILES string of the molecule is CN/C(=C/C(=O)OC)OC. The number of carbonyl (C=O) groups is 1. The van der Waals surface area contributed by atoms with Gasteiger partial charge in [-0.3, -0.25) is 0 Å². The fourth-order valence-electron chi connectivity index (χ4n) is 0.399. The Kier molecular flexibility index (Phi) is 4.11. The molecule has 1 N–H and O–H groups in total. The number of hydrogen-bond acceptors (Lipinski definition) is 4. The van der Waals surface area contributed by atoms with Gasteiger partial charge in [0.05, 0.1) is 20.3 Å². The maximum Gasteiger partial charge on any atom is 0.335 e. The van der Waals surface area contributed by atoms with Crippen molar-refractivity contribution < 1.29 is 14.3 Å². The number of ether oxygens (including phenoxy) is 2. The minimum atomic E-state index is -0.439. The van der Waals surface area contributed by atoms with Gasteiger partial charge >= 0.3 is 5.97 Å². The Bertz CT molecular complexity index is 136. The third-order valence-electron chi connectivity index (χ3n) is 0.916. The molecule has 0 aromatic heterocycles. The van der Waals surface area contributed by atoms with E-state index in [2.05, 4.69) is 10.1 Å². The quantitative estimate of drug-likeness (QED) is 0.341. The largest absolute Gasteiger partial charge is 0.482 e. The summed E-state index contributed by atoms with van der Waals surface area (Å²) in [6, 6.07) is 0. The highest BCUT2D eigenvalue weighted by Gasteiger charge is 1.96. The lowest BCUT2D eigenvalue weighted by Crippen LogP contribution is -2.10. The summed E-state index contributed by atoms with van der Waals surface area (Å²) < 4.78 is 9.07. The van der Waals surface area contributed by atoms with Crippen LogP contribution in [0.5, 0.6) is 0 Å². The topological polar surface area (TPSA) is 47.6 Å². The van der Waals surface area contributed by atoms with Crippen molar-refractivity contribution in [3.63, 3.8) is 0 Å². The average Bonchev–Trinajstić information content (AvgIpc) is 1.99. The Labute approximate surface area is 59.8 Å². The van der Waals surface area contributed by atoms with Crippen molar-refractivity contribution in [2.75, 3.05) is 21.3 Å². The van der Waals surface area contributed by atoms with Crippen molar-refractivity contribution >= 4 is 5.97 Å². The zero-order valence-corrected chi connectivity index (χ0v) is 6.30. The number of nitrogens with one attached hydrogen (secondary N) is 1. The summed E-state index contributed by atoms with van der Waals surface area (Å²) in [5, 5.41) is 2.66. The van der Waals surface area contributed by atoms with E-state index in [1.807, 2.05) is 0 Å². The molecule has 0 aromatic carbocycles. The van der Waals surface area contributed by atoms with Gasteiger partial charge in [0.25, 0.3) is 0 Å². The van der Waals surface area contributed by atoms with Gasteiger partial charge in [0.1, 0.15) is 0 Å². The van der Waals surface area contributed by atoms with Gasteiger partial charge in [0, 0.05) is 7.05 Å². The number of esters is 1. The van der Waals surface area contributed by atoms with Crippen LogP contribution in [0, 0.1) is 0 Å². The van der Waals surface area contributed by atoms with Crippen LogP contribution in [-0.2, 0) is 14.3 Å². The van der Waals surface area contributed by atoms with Crippen molar-refractivity contribution in [3.05, 3.63) is 12.0 Å². The van der Waals surface area contributed by atoms with Gasteiger partial charge in [-0.15, -0.1) is 0 Å². The van der Waals surface area contributed by atoms with Gasteiger partial charge in [0.15, 0.2) is 5.88 Å². The zero-order chi connectivity index (χ0) is 7.98. The van der Waals surface area contributed by atoms with Crippen LogP contribution in [0.15, 0.2) is 12.0 Å². The first-order valence-corrected chi connectivity index (χ1v) is 2.76. The summed E-state index contributed by atoms with van der Waals surface area (Å²) in [5.41, 5.74) is 0. The first kappa shape index (κ1) is 8.81. The average molecular weight is 145 g/mol. The van der Waals surface area contributed by atoms with Crippen molar-refractivity contribution in [2.45, 2.75) is 0 Å². The van der Waals surface area contributed by atoms with Crippen LogP contribution >= 0.6 is 0 Å². The second-order valence-corrected chi connectivity index (χ2v) is 1.49. The number of rotatable bonds is 3. The smallest absolute Gasteiger partial charge is 0.335 e. The third-order valence-corrected chi connectivity index (χ3v) is 0.916. The highest BCUT2D eigenvalue weighted by Crippen LogP contribution is 1.88. The van der Waals surface area contributed by atoms with Gasteiger partial charge < -0.3 is 14.8 Å². The molecule has 0 spiro atoms. The summed E-state index contributed by atoms with van der Waals surface area (Å²) in [4.78, 5) is 10.5. The fraction of sp³-hybridized carbons (Fsp3) is 0.500. The minimum Gasteiger partial charge on any atom is -0.482 e. The van der Waals surface area contributed by atoms with Crippen molar-refractivity contribution in [1.29, 1.82) is 0 Å². The molecule has 0 saturated heterocycles. The summed E-state index contributed by atoms with van der Waals surface area (Å²) in [7, 11) is 4.42. The molecule has 0 fully saturated rings. The number of hydrogen-bond donors (Lipinski definition) is 1. The molecule has 10 heavy (non-hydrogen) atoms. The van der Waals surface area contributed by atoms with Crippen molar-refractivity contribution in [3.8, 4) is 0 Å². The molecule has 58 valence electrons. The summed E-state index contributed by atoms with van der Waals surface area (Å²) >= 11 is 0. The van der Waals surface area contributed by atoms with Crippen LogP contribution < -0.4 is 5.32 Å². The van der Waals surface area contributed by atoms with Crippen molar-refractivity contribution in [1.82, 2.24) is 5.32 Å². The lowest BCUT2D eigenvalue weighted by molar-refractivity contribution is -0.135. The predicted octanol–water partition coefficient (Wildman–Crippen LogP) is -0.133. The van der Waals surface area contributed by atoms with E-state index >= 15 is 0 Å². The van der Waals surface area contributed by atoms with Gasteiger partial charge in [0.2, 0.25) is 0 Å². The fourth-order valence-corrected chi connectivity index (χ4v) is 0.399. The third kappa shape index (κ3) is 2.96. The molecule has 0 saturated carbocycles. The van der Waals surface area contributed by atoms with Crippen molar-refractivity contribution in [2.24, 2.45) is 0 Å². The molecule has 0 rings (SSSR count). The van der Waals surface area contributed by atoms with Gasteiger partial charge in [-0.25, -0.2) is 4.79 Å². The van der Waals surface area contributed by atoms with Crippen LogP contribution in [0.25, 0.3) is 0 Å². The Morgan fingerprint density at radius 3 is 2.30 bits per heavy atom. The molecule has 0 heterocycles. The molecule has 0 aliphatic rings. The van der Waals surface area contributed by atoms with E-state index in [0.29, 0.717) is 5.88 Å². The minimum absolute atomic E-state index is 0.381. The monoisotopic (exact) mass is 145 g/mol. The Morgan fingerprint density at radius 1 is 1.40 bits per heavy atom. The van der Waals surface area contributed by atoms with E-state index in [1.54, 1.807) is 7.05 Å². The maximum absolute atomic E-state index is 10.5. The molecular formula is C6H11NO3. The van der Waals surface area contributed by atoms with E-state index in [9.17, 15) is 4.79 Å². The van der Waals surface area contributed by atoms with E-state index < -0.39 is 5.97 Å². The molecule has 0 atom stereocenters. The van der Waals surface area contributed by atoms with Crippen LogP contribution in [0.3, 0.4) is 0 Å². The highest BCUT2D eigenvalue weighted by molar-refractivity contribution is 5.82. The van der Waals surface area contributed by atoms with Gasteiger partial charge in [-0.2, -0.15) is 0 Å². The van der Waals surface area contributed by atoms with Crippen LogP contribution in [0.4, 0.5) is 0 Å². The lowest BCUT2D eigenvalue weighted by Gasteiger charge is -2.02. The maximum atomic E-state index is 10.5. The second-order valence-electron chi connectivity index (χ2n) is 1.49.